The smallest absolute Gasteiger partial charge is 0.255 e. The van der Waals surface area contributed by atoms with E-state index in [2.05, 4.69) is 10.3 Å². The van der Waals surface area contributed by atoms with Gasteiger partial charge in [0.25, 0.3) is 5.91 Å². The quantitative estimate of drug-likeness (QED) is 0.842. The maximum atomic E-state index is 12.4. The van der Waals surface area contributed by atoms with Gasteiger partial charge in [-0.3, -0.25) is 14.6 Å². The van der Waals surface area contributed by atoms with E-state index in [4.69, 9.17) is 11.6 Å². The van der Waals surface area contributed by atoms with Crippen molar-refractivity contribution >= 4 is 29.5 Å². The molecule has 2 aromatic rings. The summed E-state index contributed by atoms with van der Waals surface area (Å²) in [6.07, 6.45) is 7.90. The van der Waals surface area contributed by atoms with Crippen LogP contribution in [-0.2, 0) is 4.79 Å². The minimum atomic E-state index is -0.151. The molecule has 0 unspecified atom stereocenters. The van der Waals surface area contributed by atoms with E-state index in [0.29, 0.717) is 23.7 Å². The number of carbonyl (C=O) groups is 2. The van der Waals surface area contributed by atoms with Crippen LogP contribution in [0.15, 0.2) is 54.9 Å². The van der Waals surface area contributed by atoms with Gasteiger partial charge >= 0.3 is 0 Å². The number of carbonyl (C=O) groups excluding carboxylic acids is 2. The Morgan fingerprint density at radius 3 is 2.62 bits per heavy atom. The normalized spacial score (nSPS) is 15.2. The van der Waals surface area contributed by atoms with E-state index >= 15 is 0 Å². The summed E-state index contributed by atoms with van der Waals surface area (Å²) in [5, 5.41) is 3.60. The molecule has 0 saturated carbocycles. The standard InChI is InChI=1S/C20H20ClN3O2/c21-18-6-2-1-4-15(18)7-8-19(25)23-17-9-12-24(13-10-17)20(26)16-5-3-11-22-14-16/h1-8,11,14,17H,9-10,12-13H2,(H,23,25)/b8-7+. The van der Waals surface area contributed by atoms with Gasteiger partial charge in [0.2, 0.25) is 5.91 Å². The molecule has 0 spiro atoms. The van der Waals surface area contributed by atoms with E-state index < -0.39 is 0 Å². The lowest BCUT2D eigenvalue weighted by Gasteiger charge is -2.32. The van der Waals surface area contributed by atoms with Gasteiger partial charge in [0.15, 0.2) is 0 Å². The zero-order chi connectivity index (χ0) is 18.4. The minimum Gasteiger partial charge on any atom is -0.350 e. The average Bonchev–Trinajstić information content (AvgIpc) is 2.68. The van der Waals surface area contributed by atoms with Crippen molar-refractivity contribution in [2.75, 3.05) is 13.1 Å². The van der Waals surface area contributed by atoms with Crippen molar-refractivity contribution in [1.29, 1.82) is 0 Å². The molecule has 1 aliphatic heterocycles. The number of nitrogens with zero attached hydrogens (tertiary/aromatic N) is 2. The molecule has 0 atom stereocenters. The van der Waals surface area contributed by atoms with Gasteiger partial charge in [-0.15, -0.1) is 0 Å². The molecule has 26 heavy (non-hydrogen) atoms. The molecule has 134 valence electrons. The number of aromatic nitrogens is 1. The van der Waals surface area contributed by atoms with Crippen molar-refractivity contribution in [3.8, 4) is 0 Å². The zero-order valence-electron chi connectivity index (χ0n) is 14.3. The predicted octanol–water partition coefficient (Wildman–Crippen LogP) is 3.17. The maximum absolute atomic E-state index is 12.4. The molecular weight excluding hydrogens is 350 g/mol. The van der Waals surface area contributed by atoms with Gasteiger partial charge < -0.3 is 10.2 Å². The van der Waals surface area contributed by atoms with E-state index in [1.807, 2.05) is 18.2 Å². The minimum absolute atomic E-state index is 0.0125. The summed E-state index contributed by atoms with van der Waals surface area (Å²) in [6, 6.07) is 11.0. The number of hydrogen-bond donors (Lipinski definition) is 1. The number of hydrogen-bond acceptors (Lipinski definition) is 3. The molecule has 1 aliphatic rings. The van der Waals surface area contributed by atoms with Gasteiger partial charge in [-0.2, -0.15) is 0 Å². The number of benzene rings is 1. The van der Waals surface area contributed by atoms with E-state index in [0.717, 1.165) is 18.4 Å². The Labute approximate surface area is 157 Å². The van der Waals surface area contributed by atoms with Crippen LogP contribution in [-0.4, -0.2) is 40.8 Å². The van der Waals surface area contributed by atoms with Crippen molar-refractivity contribution in [2.45, 2.75) is 18.9 Å². The fourth-order valence-electron chi connectivity index (χ4n) is 2.92. The summed E-state index contributed by atoms with van der Waals surface area (Å²) in [5.74, 6) is -0.163. The van der Waals surface area contributed by atoms with Crippen LogP contribution in [0.25, 0.3) is 6.08 Å². The molecule has 0 aliphatic carbocycles. The summed E-state index contributed by atoms with van der Waals surface area (Å²) < 4.78 is 0. The Hall–Kier alpha value is -2.66. The zero-order valence-corrected chi connectivity index (χ0v) is 15.0. The van der Waals surface area contributed by atoms with Crippen LogP contribution in [0.3, 0.4) is 0 Å². The molecule has 5 nitrogen and oxygen atoms in total. The number of rotatable bonds is 4. The molecular formula is C20H20ClN3O2. The number of halogens is 1. The molecule has 1 N–H and O–H groups in total. The summed E-state index contributed by atoms with van der Waals surface area (Å²) in [6.45, 7) is 1.24. The third kappa shape index (κ3) is 4.70. The molecule has 6 heteroatoms. The van der Waals surface area contributed by atoms with Crippen LogP contribution in [0.5, 0.6) is 0 Å². The van der Waals surface area contributed by atoms with Gasteiger partial charge in [0.1, 0.15) is 0 Å². The molecule has 1 aromatic carbocycles. The highest BCUT2D eigenvalue weighted by molar-refractivity contribution is 6.32. The summed E-state index contributed by atoms with van der Waals surface area (Å²) in [5.41, 5.74) is 1.40. The first-order valence-corrected chi connectivity index (χ1v) is 8.93. The second kappa shape index (κ2) is 8.63. The topological polar surface area (TPSA) is 62.3 Å². The Morgan fingerprint density at radius 1 is 1.15 bits per heavy atom. The summed E-state index contributed by atoms with van der Waals surface area (Å²) in [4.78, 5) is 30.3. The second-order valence-electron chi connectivity index (χ2n) is 6.17. The Balaban J connectivity index is 1.49. The number of pyridine rings is 1. The Kier molecular flexibility index (Phi) is 6.02. The highest BCUT2D eigenvalue weighted by Crippen LogP contribution is 2.17. The molecule has 1 aromatic heterocycles. The first-order valence-electron chi connectivity index (χ1n) is 8.56. The van der Waals surface area contributed by atoms with Crippen molar-refractivity contribution < 1.29 is 9.59 Å². The fourth-order valence-corrected chi connectivity index (χ4v) is 3.12. The summed E-state index contributed by atoms with van der Waals surface area (Å²) >= 11 is 6.07. The van der Waals surface area contributed by atoms with E-state index in [1.54, 1.807) is 41.6 Å². The average molecular weight is 370 g/mol. The Bertz CT molecular complexity index is 800. The first kappa shape index (κ1) is 18.1. The van der Waals surface area contributed by atoms with Crippen molar-refractivity contribution in [3.63, 3.8) is 0 Å². The SMILES string of the molecule is O=C(/C=C/c1ccccc1Cl)NC1CCN(C(=O)c2cccnc2)CC1. The van der Waals surface area contributed by atoms with Gasteiger partial charge in [-0.05, 0) is 42.7 Å². The monoisotopic (exact) mass is 369 g/mol. The number of amides is 2. The van der Waals surface area contributed by atoms with Crippen LogP contribution in [0, 0.1) is 0 Å². The van der Waals surface area contributed by atoms with Crippen LogP contribution >= 0.6 is 11.6 Å². The Morgan fingerprint density at radius 2 is 1.92 bits per heavy atom. The van der Waals surface area contributed by atoms with E-state index in [-0.39, 0.29) is 17.9 Å². The van der Waals surface area contributed by atoms with Gasteiger partial charge in [0, 0.05) is 42.6 Å². The van der Waals surface area contributed by atoms with Crippen LogP contribution < -0.4 is 5.32 Å². The lowest BCUT2D eigenvalue weighted by molar-refractivity contribution is -0.117. The molecule has 0 bridgehead atoms. The van der Waals surface area contributed by atoms with Gasteiger partial charge in [0.05, 0.1) is 5.56 Å². The highest BCUT2D eigenvalue weighted by atomic mass is 35.5. The van der Waals surface area contributed by atoms with Crippen LogP contribution in [0.4, 0.5) is 0 Å². The van der Waals surface area contributed by atoms with Crippen molar-refractivity contribution in [3.05, 3.63) is 71.0 Å². The van der Waals surface area contributed by atoms with Gasteiger partial charge in [-0.25, -0.2) is 0 Å². The lowest BCUT2D eigenvalue weighted by atomic mass is 10.0. The third-order valence-electron chi connectivity index (χ3n) is 4.36. The first-order chi connectivity index (χ1) is 12.6. The summed E-state index contributed by atoms with van der Waals surface area (Å²) in [7, 11) is 0. The van der Waals surface area contributed by atoms with E-state index in [9.17, 15) is 9.59 Å². The van der Waals surface area contributed by atoms with Crippen LogP contribution in [0.1, 0.15) is 28.8 Å². The lowest BCUT2D eigenvalue weighted by Crippen LogP contribution is -2.46. The number of nitrogens with one attached hydrogen (secondary N) is 1. The van der Waals surface area contributed by atoms with Gasteiger partial charge in [-0.1, -0.05) is 29.8 Å². The van der Waals surface area contributed by atoms with Crippen molar-refractivity contribution in [1.82, 2.24) is 15.2 Å². The third-order valence-corrected chi connectivity index (χ3v) is 4.70. The molecule has 2 amide bonds. The van der Waals surface area contributed by atoms with Crippen molar-refractivity contribution in [2.24, 2.45) is 0 Å². The molecule has 2 heterocycles. The molecule has 1 saturated heterocycles. The molecule has 1 fully saturated rings. The fraction of sp³-hybridized carbons (Fsp3) is 0.250. The largest absolute Gasteiger partial charge is 0.350 e. The molecule has 0 radical (unpaired) electrons. The highest BCUT2D eigenvalue weighted by Gasteiger charge is 2.24. The predicted molar refractivity (Wildman–Crippen MR) is 102 cm³/mol. The molecule has 3 rings (SSSR count). The van der Waals surface area contributed by atoms with E-state index in [1.165, 1.54) is 6.08 Å². The number of piperidine rings is 1. The maximum Gasteiger partial charge on any atom is 0.255 e. The number of likely N-dealkylation sites (tertiary alicyclic amines) is 1. The van der Waals surface area contributed by atoms with Crippen LogP contribution in [0.2, 0.25) is 5.02 Å². The second-order valence-corrected chi connectivity index (χ2v) is 6.58.